The molecule has 1 fully saturated rings. The number of anilines is 2. The smallest absolute Gasteiger partial charge is 0.213 e. The minimum absolute atomic E-state index is 0.0905. The first kappa shape index (κ1) is 44.6. The summed E-state index contributed by atoms with van der Waals surface area (Å²) in [6.45, 7) is 16.4. The quantitative estimate of drug-likeness (QED) is 0.0296. The maximum absolute atomic E-state index is 10.5. The van der Waals surface area contributed by atoms with Crippen molar-refractivity contribution < 1.29 is 18.9 Å². The van der Waals surface area contributed by atoms with Crippen LogP contribution in [0.2, 0.25) is 51.4 Å². The highest BCUT2D eigenvalue weighted by molar-refractivity contribution is 6.76. The molecule has 0 spiro atoms. The van der Waals surface area contributed by atoms with Crippen molar-refractivity contribution in [2.24, 2.45) is 4.99 Å². The number of hydrogen-bond donors (Lipinski definition) is 2. The zero-order chi connectivity index (χ0) is 41.5. The number of benzene rings is 4. The Kier molecular flexibility index (Phi) is 16.5. The van der Waals surface area contributed by atoms with Crippen LogP contribution >= 0.6 is 0 Å². The molecule has 12 heteroatoms. The number of ether oxygens (including phenoxy) is 4. The molecule has 4 aromatic carbocycles. The lowest BCUT2D eigenvalue weighted by Gasteiger charge is -2.39. The van der Waals surface area contributed by atoms with Crippen molar-refractivity contribution in [3.8, 4) is 6.19 Å². The first-order valence-electron chi connectivity index (χ1n) is 20.4. The largest absolute Gasteiger partial charge is 0.399 e. The van der Waals surface area contributed by atoms with E-state index in [2.05, 4.69) is 104 Å². The fourth-order valence-corrected chi connectivity index (χ4v) is 8.66. The van der Waals surface area contributed by atoms with Crippen LogP contribution in [-0.2, 0) is 44.9 Å². The molecule has 1 aliphatic heterocycles. The third kappa shape index (κ3) is 14.1. The number of nitrogens with zero attached hydrogens (tertiary/aromatic N) is 4. The number of nitriles is 1. The van der Waals surface area contributed by atoms with Gasteiger partial charge >= 0.3 is 0 Å². The summed E-state index contributed by atoms with van der Waals surface area (Å²) < 4.78 is 26.7. The second-order valence-corrected chi connectivity index (χ2v) is 28.9. The molecule has 4 N–H and O–H groups in total. The van der Waals surface area contributed by atoms with Crippen LogP contribution in [0.3, 0.4) is 0 Å². The topological polar surface area (TPSA) is 132 Å². The Morgan fingerprint density at radius 1 is 0.569 bits per heavy atom. The Morgan fingerprint density at radius 3 is 1.29 bits per heavy atom. The van der Waals surface area contributed by atoms with Gasteiger partial charge in [-0.3, -0.25) is 0 Å². The molecule has 4 aromatic rings. The van der Waals surface area contributed by atoms with Crippen molar-refractivity contribution in [3.05, 3.63) is 131 Å². The normalized spacial score (nSPS) is 18.8. The fourth-order valence-electron chi connectivity index (χ4n) is 7.15. The predicted molar refractivity (Wildman–Crippen MR) is 241 cm³/mol. The number of aliphatic imine (C=N–C) groups is 1. The van der Waals surface area contributed by atoms with E-state index in [1.54, 1.807) is 0 Å². The van der Waals surface area contributed by atoms with Gasteiger partial charge in [-0.1, -0.05) is 124 Å². The average molecular weight is 821 g/mol. The minimum Gasteiger partial charge on any atom is -0.399 e. The molecule has 0 saturated carbocycles. The van der Waals surface area contributed by atoms with Gasteiger partial charge in [0.25, 0.3) is 0 Å². The van der Waals surface area contributed by atoms with Crippen LogP contribution in [0.25, 0.3) is 0 Å². The van der Waals surface area contributed by atoms with E-state index >= 15 is 0 Å². The summed E-state index contributed by atoms with van der Waals surface area (Å²) in [6, 6.07) is 37.9. The van der Waals surface area contributed by atoms with Crippen LogP contribution in [0.1, 0.15) is 22.3 Å². The average Bonchev–Trinajstić information content (AvgIpc) is 3.26. The molecule has 58 heavy (non-hydrogen) atoms. The van der Waals surface area contributed by atoms with E-state index in [-0.39, 0.29) is 25.7 Å². The van der Waals surface area contributed by atoms with Gasteiger partial charge in [0.15, 0.2) is 0 Å². The molecule has 0 unspecified atom stereocenters. The van der Waals surface area contributed by atoms with Gasteiger partial charge < -0.3 is 40.2 Å². The molecule has 1 aliphatic rings. The van der Waals surface area contributed by atoms with E-state index in [1.165, 1.54) is 0 Å². The zero-order valence-corrected chi connectivity index (χ0v) is 37.3. The highest BCUT2D eigenvalue weighted by atomic mass is 28.3. The third-order valence-electron chi connectivity index (χ3n) is 10.5. The molecule has 10 nitrogen and oxygen atoms in total. The summed E-state index contributed by atoms with van der Waals surface area (Å²) in [5, 5.41) is 10.5. The van der Waals surface area contributed by atoms with E-state index in [0.717, 1.165) is 34.3 Å². The summed E-state index contributed by atoms with van der Waals surface area (Å²) in [5.74, 6) is 0.539. The summed E-state index contributed by atoms with van der Waals surface area (Å²) in [7, 11) is -2.70. The zero-order valence-electron chi connectivity index (χ0n) is 35.3. The maximum Gasteiger partial charge on any atom is 0.213 e. The first-order valence-corrected chi connectivity index (χ1v) is 27.9. The molecule has 0 bridgehead atoms. The lowest BCUT2D eigenvalue weighted by Crippen LogP contribution is -2.53. The Balaban J connectivity index is 1.70. The van der Waals surface area contributed by atoms with Gasteiger partial charge in [-0.2, -0.15) is 5.26 Å². The standard InChI is InChI=1S/C46H64N6O4Si2/c1-57(2,3)27-25-53-34-55-44-42(29-36-13-9-7-10-14-36)51(31-38-17-21-40(48)22-18-38)46(50-33-47)52(32-39-19-23-41(49)24-20-39)43(30-37-15-11-8-12-16-37)45(44)56-35-54-26-28-58(4,5)6/h7-24,42-45H,25-32,34-35,48-49H2,1-6H3/t42-,43-,44+,45+/m1/s1. The lowest BCUT2D eigenvalue weighted by atomic mass is 9.90. The number of nitrogens with two attached hydrogens (primary N) is 2. The number of rotatable bonds is 20. The van der Waals surface area contributed by atoms with Gasteiger partial charge in [-0.15, -0.1) is 4.99 Å². The van der Waals surface area contributed by atoms with Gasteiger partial charge in [-0.25, -0.2) is 0 Å². The summed E-state index contributed by atoms with van der Waals surface area (Å²) >= 11 is 0. The predicted octanol–water partition coefficient (Wildman–Crippen LogP) is 8.62. The summed E-state index contributed by atoms with van der Waals surface area (Å²) in [4.78, 5) is 9.19. The van der Waals surface area contributed by atoms with Gasteiger partial charge in [-0.05, 0) is 71.4 Å². The van der Waals surface area contributed by atoms with Gasteiger partial charge in [0.1, 0.15) is 25.8 Å². The van der Waals surface area contributed by atoms with Crippen molar-refractivity contribution in [2.45, 2.75) is 102 Å². The monoisotopic (exact) mass is 820 g/mol. The van der Waals surface area contributed by atoms with Crippen molar-refractivity contribution in [1.82, 2.24) is 9.80 Å². The molecule has 5 rings (SSSR count). The van der Waals surface area contributed by atoms with Crippen LogP contribution in [0.5, 0.6) is 0 Å². The van der Waals surface area contributed by atoms with Crippen LogP contribution < -0.4 is 11.5 Å². The van der Waals surface area contributed by atoms with E-state index < -0.39 is 28.4 Å². The van der Waals surface area contributed by atoms with E-state index in [1.807, 2.05) is 60.7 Å². The Morgan fingerprint density at radius 2 is 0.948 bits per heavy atom. The molecular weight excluding hydrogens is 757 g/mol. The van der Waals surface area contributed by atoms with Gasteiger partial charge in [0.2, 0.25) is 12.2 Å². The number of hydrogen-bond acceptors (Lipinski definition) is 8. The molecule has 310 valence electrons. The van der Waals surface area contributed by atoms with E-state index in [0.29, 0.717) is 56.5 Å². The first-order chi connectivity index (χ1) is 27.8. The third-order valence-corrected chi connectivity index (χ3v) is 13.9. The van der Waals surface area contributed by atoms with Crippen LogP contribution in [0.4, 0.5) is 11.4 Å². The summed E-state index contributed by atoms with van der Waals surface area (Å²) in [6.07, 6.45) is 2.29. The van der Waals surface area contributed by atoms with Crippen molar-refractivity contribution in [1.29, 1.82) is 5.26 Å². The maximum atomic E-state index is 10.5. The number of guanidine groups is 1. The molecule has 1 saturated heterocycles. The van der Waals surface area contributed by atoms with E-state index in [4.69, 9.17) is 35.4 Å². The van der Waals surface area contributed by atoms with Crippen LogP contribution in [0.15, 0.2) is 114 Å². The van der Waals surface area contributed by atoms with Crippen molar-refractivity contribution >= 4 is 33.5 Å². The van der Waals surface area contributed by atoms with Crippen LogP contribution in [-0.4, -0.2) is 83.0 Å². The van der Waals surface area contributed by atoms with Crippen LogP contribution in [0, 0.1) is 11.5 Å². The fraction of sp³-hybridized carbons (Fsp3) is 0.435. The highest BCUT2D eigenvalue weighted by Gasteiger charge is 2.48. The molecule has 0 amide bonds. The SMILES string of the molecule is C[Si](C)(C)CCOCO[C@@H]1[C@@H](OCOCC[Si](C)(C)C)[C@@H](Cc2ccccc2)N(Cc2ccc(N)cc2)C(=NC#N)N(Cc2ccc(N)cc2)[C@@H]1Cc1ccccc1. The Bertz CT molecular complexity index is 1750. The van der Waals surface area contributed by atoms with Crippen molar-refractivity contribution in [3.63, 3.8) is 0 Å². The Labute approximate surface area is 348 Å². The second-order valence-electron chi connectivity index (χ2n) is 17.7. The van der Waals surface area contributed by atoms with Crippen molar-refractivity contribution in [2.75, 3.05) is 38.3 Å². The molecule has 4 atom stereocenters. The minimum atomic E-state index is -1.35. The van der Waals surface area contributed by atoms with Gasteiger partial charge in [0, 0.05) is 53.8 Å². The Hall–Kier alpha value is -4.49. The molecule has 0 aromatic heterocycles. The number of nitrogen functional groups attached to an aromatic ring is 2. The second kappa shape index (κ2) is 21.5. The molecular formula is C46H64N6O4Si2. The molecule has 1 heterocycles. The lowest BCUT2D eigenvalue weighted by molar-refractivity contribution is -0.188. The molecule has 0 radical (unpaired) electrons. The molecule has 0 aliphatic carbocycles. The van der Waals surface area contributed by atoms with Gasteiger partial charge in [0.05, 0.1) is 12.1 Å². The van der Waals surface area contributed by atoms with E-state index in [9.17, 15) is 5.26 Å². The summed E-state index contributed by atoms with van der Waals surface area (Å²) in [5.41, 5.74) is 18.0. The highest BCUT2D eigenvalue weighted by Crippen LogP contribution is 2.34.